The minimum Gasteiger partial charge on any atom is -0.390 e. The van der Waals surface area contributed by atoms with E-state index >= 15 is 8.78 Å². The van der Waals surface area contributed by atoms with E-state index in [1.165, 1.54) is 18.2 Å². The van der Waals surface area contributed by atoms with E-state index < -0.39 is 63.9 Å². The average Bonchev–Trinajstić information content (AvgIpc) is 3.39. The lowest BCUT2D eigenvalue weighted by atomic mass is 9.44. The van der Waals surface area contributed by atoms with E-state index in [-0.39, 0.29) is 23.6 Å². The SMILES string of the molecule is C[C@]12C=CC(=O)C=C1[C@@H](F)C[C@H]1[C@@H]3C[C@H]4CN(c5ccc(Cl)cc5)O[C@@]4(C(=O)OSCCl)[C@@]3(C)C[C@H](O)[C@@]12F. The van der Waals surface area contributed by atoms with Gasteiger partial charge in [0.1, 0.15) is 11.4 Å². The van der Waals surface area contributed by atoms with Gasteiger partial charge in [-0.3, -0.25) is 14.7 Å². The van der Waals surface area contributed by atoms with Gasteiger partial charge >= 0.3 is 5.97 Å². The second-order valence-corrected chi connectivity index (χ2v) is 13.5. The van der Waals surface area contributed by atoms with Crippen molar-refractivity contribution in [2.45, 2.75) is 56.7 Å². The normalized spacial score (nSPS) is 44.3. The largest absolute Gasteiger partial charge is 0.390 e. The fraction of sp³-hybridized carbons (Fsp3) is 0.571. The maximum Gasteiger partial charge on any atom is 0.354 e. The minimum absolute atomic E-state index is 0.00835. The average molecular weight is 601 g/mol. The third-order valence-electron chi connectivity index (χ3n) is 10.2. The standard InChI is InChI=1S/C28H29Cl2F2NO5S/c1-25-8-7-18(34)10-21(25)22(31)11-20-19-9-15-13-33(17-5-3-16(30)4-6-17)38-28(15,24(36)37-39-14-29)26(19,2)12-23(35)27(20,25)32/h3-8,10,15,19-20,22-23,35H,9,11-14H2,1-2H3/t15-,19-,20-,22-,23-,25-,26-,27-,28-/m0/s1. The molecule has 210 valence electrons. The quantitative estimate of drug-likeness (QED) is 0.348. The number of carbonyl (C=O) groups is 2. The lowest BCUT2D eigenvalue weighted by Gasteiger charge is -2.63. The van der Waals surface area contributed by atoms with Crippen molar-refractivity contribution in [3.63, 3.8) is 0 Å². The molecule has 5 aliphatic rings. The number of hydroxylamine groups is 1. The summed E-state index contributed by atoms with van der Waals surface area (Å²) < 4.78 is 38.8. The Hall–Kier alpha value is -1.65. The van der Waals surface area contributed by atoms with Crippen molar-refractivity contribution in [2.24, 2.45) is 28.6 Å². The molecule has 1 aliphatic heterocycles. The molecule has 11 heteroatoms. The Balaban J connectivity index is 1.44. The summed E-state index contributed by atoms with van der Waals surface area (Å²) in [5, 5.41) is 13.8. The number of aliphatic hydroxyl groups excluding tert-OH is 1. The van der Waals surface area contributed by atoms with Crippen molar-refractivity contribution in [1.82, 2.24) is 0 Å². The molecule has 9 atom stereocenters. The number of rotatable bonds is 4. The van der Waals surface area contributed by atoms with Crippen LogP contribution in [0.4, 0.5) is 14.5 Å². The van der Waals surface area contributed by atoms with Crippen molar-refractivity contribution in [3.8, 4) is 0 Å². The summed E-state index contributed by atoms with van der Waals surface area (Å²) >= 11 is 12.6. The molecule has 39 heavy (non-hydrogen) atoms. The first-order valence-electron chi connectivity index (χ1n) is 13.0. The number of carbonyl (C=O) groups excluding carboxylic acids is 2. The molecule has 0 radical (unpaired) electrons. The third kappa shape index (κ3) is 3.52. The summed E-state index contributed by atoms with van der Waals surface area (Å²) in [6.07, 6.45) is 0.762. The number of hydrogen-bond acceptors (Lipinski definition) is 7. The molecule has 1 N–H and O–H groups in total. The van der Waals surface area contributed by atoms with Gasteiger partial charge in [-0.1, -0.05) is 24.6 Å². The van der Waals surface area contributed by atoms with Crippen LogP contribution in [0, 0.1) is 28.6 Å². The molecule has 3 saturated carbocycles. The van der Waals surface area contributed by atoms with Gasteiger partial charge in [0, 0.05) is 27.7 Å². The molecule has 0 unspecified atom stereocenters. The van der Waals surface area contributed by atoms with Crippen LogP contribution in [0.2, 0.25) is 5.02 Å². The van der Waals surface area contributed by atoms with Crippen LogP contribution in [0.25, 0.3) is 0 Å². The highest BCUT2D eigenvalue weighted by atomic mass is 35.5. The van der Waals surface area contributed by atoms with E-state index in [2.05, 4.69) is 0 Å². The molecule has 0 aromatic heterocycles. The number of halogens is 4. The number of hydrogen-bond donors (Lipinski definition) is 1. The Kier molecular flexibility index (Phi) is 6.48. The fourth-order valence-corrected chi connectivity index (χ4v) is 9.02. The van der Waals surface area contributed by atoms with Crippen LogP contribution >= 0.6 is 35.2 Å². The summed E-state index contributed by atoms with van der Waals surface area (Å²) in [5.74, 6) is -2.90. The van der Waals surface area contributed by atoms with Crippen LogP contribution in [0.15, 0.2) is 48.1 Å². The number of nitrogens with zero attached hydrogens (tertiary/aromatic N) is 1. The third-order valence-corrected chi connectivity index (χ3v) is 11.1. The molecule has 6 nitrogen and oxygen atoms in total. The molecule has 1 aromatic carbocycles. The Morgan fingerprint density at radius 3 is 2.67 bits per heavy atom. The molecule has 0 spiro atoms. The van der Waals surface area contributed by atoms with E-state index in [1.54, 1.807) is 36.3 Å². The number of ketones is 1. The van der Waals surface area contributed by atoms with Gasteiger partial charge in [-0.2, -0.15) is 0 Å². The number of alkyl halides is 3. The maximum atomic E-state index is 17.5. The monoisotopic (exact) mass is 599 g/mol. The molecule has 1 aromatic rings. The topological polar surface area (TPSA) is 76.1 Å². The maximum absolute atomic E-state index is 17.5. The zero-order chi connectivity index (χ0) is 28.0. The van der Waals surface area contributed by atoms with Crippen LogP contribution in [0.3, 0.4) is 0 Å². The van der Waals surface area contributed by atoms with E-state index in [0.717, 1.165) is 12.0 Å². The lowest BCUT2D eigenvalue weighted by molar-refractivity contribution is -0.231. The van der Waals surface area contributed by atoms with E-state index in [1.807, 2.05) is 6.92 Å². The molecule has 1 saturated heterocycles. The van der Waals surface area contributed by atoms with E-state index in [9.17, 15) is 14.7 Å². The highest BCUT2D eigenvalue weighted by Gasteiger charge is 2.80. The van der Waals surface area contributed by atoms with Crippen LogP contribution < -0.4 is 5.06 Å². The van der Waals surface area contributed by atoms with E-state index in [0.29, 0.717) is 23.7 Å². The van der Waals surface area contributed by atoms with Gasteiger partial charge in [0.05, 0.1) is 30.4 Å². The Morgan fingerprint density at radius 1 is 1.26 bits per heavy atom. The molecule has 1 heterocycles. The highest BCUT2D eigenvalue weighted by molar-refractivity contribution is 7.96. The fourth-order valence-electron chi connectivity index (χ4n) is 8.49. The molecular formula is C28H29Cl2F2NO5S. The highest BCUT2D eigenvalue weighted by Crippen LogP contribution is 2.73. The second kappa shape index (κ2) is 9.18. The number of allylic oxidation sites excluding steroid dienone is 4. The Labute approximate surface area is 239 Å². The number of benzene rings is 1. The smallest absolute Gasteiger partial charge is 0.354 e. The van der Waals surface area contributed by atoms with Gasteiger partial charge in [-0.25, -0.2) is 13.6 Å². The minimum atomic E-state index is -2.24. The van der Waals surface area contributed by atoms with Crippen molar-refractivity contribution >= 4 is 52.7 Å². The number of aliphatic hydroxyl groups is 1. The summed E-state index contributed by atoms with van der Waals surface area (Å²) in [6, 6.07) is 6.98. The number of fused-ring (bicyclic) bond motifs is 7. The van der Waals surface area contributed by atoms with Crippen molar-refractivity contribution in [3.05, 3.63) is 53.1 Å². The Morgan fingerprint density at radius 2 is 1.97 bits per heavy atom. The molecule has 0 amide bonds. The molecular weight excluding hydrogens is 571 g/mol. The summed E-state index contributed by atoms with van der Waals surface area (Å²) in [5.41, 5.74) is -5.64. The lowest BCUT2D eigenvalue weighted by Crippen LogP contribution is -2.70. The van der Waals surface area contributed by atoms with Crippen LogP contribution in [0.1, 0.15) is 33.1 Å². The number of anilines is 1. The van der Waals surface area contributed by atoms with E-state index in [4.69, 9.17) is 32.2 Å². The van der Waals surface area contributed by atoms with Crippen molar-refractivity contribution in [1.29, 1.82) is 0 Å². The summed E-state index contributed by atoms with van der Waals surface area (Å²) in [4.78, 5) is 32.5. The first-order chi connectivity index (χ1) is 18.4. The van der Waals surface area contributed by atoms with Crippen LogP contribution in [-0.2, 0) is 18.6 Å². The van der Waals surface area contributed by atoms with Gasteiger partial charge in [0.25, 0.3) is 0 Å². The van der Waals surface area contributed by atoms with Gasteiger partial charge in [-0.05, 0) is 74.1 Å². The molecule has 6 rings (SSSR count). The Bertz CT molecular complexity index is 1280. The molecule has 4 fully saturated rings. The first-order valence-corrected chi connectivity index (χ1v) is 14.8. The predicted octanol–water partition coefficient (Wildman–Crippen LogP) is 5.76. The second-order valence-electron chi connectivity index (χ2n) is 11.8. The van der Waals surface area contributed by atoms with Gasteiger partial charge in [0.15, 0.2) is 11.5 Å². The zero-order valence-corrected chi connectivity index (χ0v) is 23.7. The van der Waals surface area contributed by atoms with Crippen molar-refractivity contribution in [2.75, 3.05) is 16.8 Å². The van der Waals surface area contributed by atoms with Crippen LogP contribution in [0.5, 0.6) is 0 Å². The molecule has 4 aliphatic carbocycles. The van der Waals surface area contributed by atoms with Crippen LogP contribution in [-0.4, -0.2) is 52.2 Å². The predicted molar refractivity (Wildman–Crippen MR) is 145 cm³/mol. The van der Waals surface area contributed by atoms with Gasteiger partial charge in [0.2, 0.25) is 5.60 Å². The molecule has 0 bridgehead atoms. The summed E-state index contributed by atoms with van der Waals surface area (Å²) in [7, 11) is 0. The summed E-state index contributed by atoms with van der Waals surface area (Å²) in [6.45, 7) is 3.69. The van der Waals surface area contributed by atoms with Gasteiger partial charge < -0.3 is 9.29 Å². The van der Waals surface area contributed by atoms with Gasteiger partial charge in [-0.15, -0.1) is 11.6 Å². The first kappa shape index (κ1) is 27.5. The zero-order valence-electron chi connectivity index (χ0n) is 21.4. The van der Waals surface area contributed by atoms with Crippen molar-refractivity contribution < 1.29 is 32.5 Å².